The lowest BCUT2D eigenvalue weighted by atomic mass is 10.1. The number of carbonyl (C=O) groups excluding carboxylic acids is 2. The van der Waals surface area contributed by atoms with Crippen molar-refractivity contribution in [1.29, 1.82) is 0 Å². The predicted octanol–water partition coefficient (Wildman–Crippen LogP) is 2.54. The summed E-state index contributed by atoms with van der Waals surface area (Å²) in [6, 6.07) is 9.78. The second kappa shape index (κ2) is 10.0. The fraction of sp³-hybridized carbons (Fsp3) is 0.130. The Morgan fingerprint density at radius 1 is 1.24 bits per heavy atom. The van der Waals surface area contributed by atoms with E-state index in [4.69, 9.17) is 15.3 Å². The van der Waals surface area contributed by atoms with Gasteiger partial charge in [-0.25, -0.2) is 9.19 Å². The first-order valence-electron chi connectivity index (χ1n) is 9.73. The second-order valence-corrected chi connectivity index (χ2v) is 9.66. The molecule has 11 heteroatoms. The number of hydrogen-bond donors (Lipinski definition) is 3. The molecule has 0 saturated heterocycles. The Morgan fingerprint density at radius 2 is 2.00 bits per heavy atom. The summed E-state index contributed by atoms with van der Waals surface area (Å²) >= 11 is 0. The highest BCUT2D eigenvalue weighted by Crippen LogP contribution is 2.16. The molecule has 0 saturated carbocycles. The number of nitrogen functional groups attached to an aromatic ring is 1. The van der Waals surface area contributed by atoms with Gasteiger partial charge in [0.15, 0.2) is 5.76 Å². The smallest absolute Gasteiger partial charge is 0.317 e. The number of pyridine rings is 1. The molecule has 34 heavy (non-hydrogen) atoms. The van der Waals surface area contributed by atoms with Gasteiger partial charge in [0.2, 0.25) is 0 Å². The van der Waals surface area contributed by atoms with Crippen LogP contribution in [0.5, 0.6) is 0 Å². The molecule has 0 radical (unpaired) electrons. The Bertz CT molecular complexity index is 1470. The molecule has 0 aliphatic carbocycles. The molecule has 2 amide bonds. The van der Waals surface area contributed by atoms with Crippen LogP contribution in [0.25, 0.3) is 0 Å². The fourth-order valence-corrected chi connectivity index (χ4v) is 3.77. The minimum atomic E-state index is -3.25. The lowest BCUT2D eigenvalue weighted by Gasteiger charge is -2.04. The summed E-state index contributed by atoms with van der Waals surface area (Å²) in [6.45, 7) is 1.76. The van der Waals surface area contributed by atoms with Crippen molar-refractivity contribution in [2.24, 2.45) is 4.36 Å². The maximum absolute atomic E-state index is 12.3. The molecule has 0 bridgehead atoms. The number of benzene rings is 1. The second-order valence-electron chi connectivity index (χ2n) is 7.27. The quantitative estimate of drug-likeness (QED) is 0.469. The van der Waals surface area contributed by atoms with Crippen molar-refractivity contribution in [3.63, 3.8) is 0 Å². The zero-order valence-corrected chi connectivity index (χ0v) is 19.0. The number of aliphatic carboxylic acids is 1. The number of aryl methyl sites for hydroxylation is 1. The van der Waals surface area contributed by atoms with Crippen LogP contribution in [0.2, 0.25) is 0 Å². The molecule has 0 fully saturated rings. The molecule has 0 aliphatic heterocycles. The van der Waals surface area contributed by atoms with Gasteiger partial charge in [-0.1, -0.05) is 17.9 Å². The summed E-state index contributed by atoms with van der Waals surface area (Å²) in [5.74, 6) is 2.58. The average molecular weight is 481 g/mol. The zero-order chi connectivity index (χ0) is 24.9. The largest absolute Gasteiger partial charge is 0.481 e. The SMILES string of the molecule is Cc1ccoc1C(=O)Nc1cccc(C#Cc2cc(C(=O)N=S(C)(=O)CC(=O)O)cnc2N)c1. The van der Waals surface area contributed by atoms with Crippen LogP contribution in [0.1, 0.15) is 37.6 Å². The topological polar surface area (TPSA) is 165 Å². The van der Waals surface area contributed by atoms with Crippen molar-refractivity contribution >= 4 is 39.0 Å². The van der Waals surface area contributed by atoms with E-state index in [1.807, 2.05) is 0 Å². The van der Waals surface area contributed by atoms with E-state index in [9.17, 15) is 18.6 Å². The summed E-state index contributed by atoms with van der Waals surface area (Å²) in [7, 11) is -3.25. The highest BCUT2D eigenvalue weighted by molar-refractivity contribution is 7.93. The molecule has 0 spiro atoms. The van der Waals surface area contributed by atoms with Crippen molar-refractivity contribution in [3.8, 4) is 11.8 Å². The maximum atomic E-state index is 12.3. The first-order valence-corrected chi connectivity index (χ1v) is 11.8. The van der Waals surface area contributed by atoms with Gasteiger partial charge in [-0.15, -0.1) is 0 Å². The Morgan fingerprint density at radius 3 is 2.68 bits per heavy atom. The number of rotatable bonds is 5. The maximum Gasteiger partial charge on any atom is 0.317 e. The summed E-state index contributed by atoms with van der Waals surface area (Å²) in [6.07, 6.45) is 3.67. The molecule has 3 rings (SSSR count). The standard InChI is InChI=1S/C23H20N4O6S/c1-14-8-9-33-20(14)23(31)26-18-5-3-4-15(10-18)6-7-16-11-17(12-25-21(16)24)22(30)27-34(2,32)13-19(28)29/h3-5,8-12H,13H2,1-2H3,(H2,24,25)(H,26,31)(H,28,29). The van der Waals surface area contributed by atoms with Gasteiger partial charge in [0.25, 0.3) is 11.8 Å². The number of carbonyl (C=O) groups is 3. The highest BCUT2D eigenvalue weighted by Gasteiger charge is 2.15. The zero-order valence-electron chi connectivity index (χ0n) is 18.2. The van der Waals surface area contributed by atoms with Crippen molar-refractivity contribution in [2.75, 3.05) is 23.1 Å². The molecular weight excluding hydrogens is 460 g/mol. The van der Waals surface area contributed by atoms with E-state index in [0.29, 0.717) is 16.8 Å². The average Bonchev–Trinajstić information content (AvgIpc) is 3.18. The number of nitrogens with two attached hydrogens (primary N) is 1. The van der Waals surface area contributed by atoms with E-state index in [0.717, 1.165) is 12.5 Å². The molecule has 174 valence electrons. The molecule has 2 aromatic heterocycles. The number of aromatic nitrogens is 1. The first kappa shape index (κ1) is 24.2. The number of carboxylic acid groups (broad SMARTS) is 1. The van der Waals surface area contributed by atoms with E-state index in [1.165, 1.54) is 12.3 Å². The van der Waals surface area contributed by atoms with E-state index in [2.05, 4.69) is 26.5 Å². The van der Waals surface area contributed by atoms with Crippen molar-refractivity contribution in [3.05, 3.63) is 76.9 Å². The molecule has 1 aromatic carbocycles. The van der Waals surface area contributed by atoms with Crippen LogP contribution in [0.3, 0.4) is 0 Å². The van der Waals surface area contributed by atoms with Gasteiger partial charge in [-0.3, -0.25) is 14.4 Å². The monoisotopic (exact) mass is 480 g/mol. The number of carboxylic acids is 1. The number of nitrogens with one attached hydrogen (secondary N) is 1. The van der Waals surface area contributed by atoms with Gasteiger partial charge in [0.1, 0.15) is 11.6 Å². The van der Waals surface area contributed by atoms with Crippen LogP contribution in [0.4, 0.5) is 11.5 Å². The summed E-state index contributed by atoms with van der Waals surface area (Å²) < 4.78 is 20.9. The predicted molar refractivity (Wildman–Crippen MR) is 126 cm³/mol. The van der Waals surface area contributed by atoms with Gasteiger partial charge in [0.05, 0.1) is 27.1 Å². The van der Waals surface area contributed by atoms with Crippen LogP contribution < -0.4 is 11.1 Å². The van der Waals surface area contributed by atoms with E-state index < -0.39 is 33.3 Å². The van der Waals surface area contributed by atoms with Crippen LogP contribution in [0, 0.1) is 18.8 Å². The van der Waals surface area contributed by atoms with Gasteiger partial charge in [0, 0.05) is 29.3 Å². The molecule has 1 atom stereocenters. The number of amides is 2. The number of hydrogen-bond acceptors (Lipinski definition) is 7. The van der Waals surface area contributed by atoms with Crippen LogP contribution >= 0.6 is 0 Å². The lowest BCUT2D eigenvalue weighted by Crippen LogP contribution is -2.15. The molecule has 0 aliphatic rings. The highest BCUT2D eigenvalue weighted by atomic mass is 32.2. The van der Waals surface area contributed by atoms with Crippen LogP contribution in [0.15, 0.2) is 57.6 Å². The lowest BCUT2D eigenvalue weighted by molar-refractivity contribution is -0.134. The van der Waals surface area contributed by atoms with Crippen LogP contribution in [-0.4, -0.2) is 44.1 Å². The molecule has 10 nitrogen and oxygen atoms in total. The van der Waals surface area contributed by atoms with E-state index in [1.54, 1.807) is 37.3 Å². The fourth-order valence-electron chi connectivity index (χ4n) is 2.79. The minimum absolute atomic E-state index is 0.0340. The minimum Gasteiger partial charge on any atom is -0.481 e. The Hall–Kier alpha value is -4.43. The van der Waals surface area contributed by atoms with E-state index in [-0.39, 0.29) is 22.7 Å². The summed E-state index contributed by atoms with van der Waals surface area (Å²) in [5, 5.41) is 11.5. The number of nitrogens with zero attached hydrogens (tertiary/aromatic N) is 2. The summed E-state index contributed by atoms with van der Waals surface area (Å²) in [4.78, 5) is 39.4. The Kier molecular flexibility index (Phi) is 7.13. The normalized spacial score (nSPS) is 12.1. The number of anilines is 2. The third-order valence-corrected chi connectivity index (χ3v) is 5.70. The molecule has 2 heterocycles. The van der Waals surface area contributed by atoms with Crippen molar-refractivity contribution < 1.29 is 28.1 Å². The Labute approximate surface area is 195 Å². The number of furan rings is 1. The molecule has 4 N–H and O–H groups in total. The van der Waals surface area contributed by atoms with Gasteiger partial charge in [-0.05, 0) is 37.3 Å². The van der Waals surface area contributed by atoms with Gasteiger partial charge in [-0.2, -0.15) is 4.36 Å². The van der Waals surface area contributed by atoms with E-state index >= 15 is 0 Å². The summed E-state index contributed by atoms with van der Waals surface area (Å²) in [5.41, 5.74) is 7.80. The van der Waals surface area contributed by atoms with Crippen molar-refractivity contribution in [1.82, 2.24) is 4.98 Å². The van der Waals surface area contributed by atoms with Crippen molar-refractivity contribution in [2.45, 2.75) is 6.92 Å². The molecule has 1 unspecified atom stereocenters. The Balaban J connectivity index is 1.83. The first-order chi connectivity index (χ1) is 16.0. The third kappa shape index (κ3) is 6.30. The van der Waals surface area contributed by atoms with Crippen LogP contribution in [-0.2, 0) is 14.5 Å². The van der Waals surface area contributed by atoms with Gasteiger partial charge >= 0.3 is 5.97 Å². The third-order valence-electron chi connectivity index (χ3n) is 4.36. The molecule has 3 aromatic rings. The molecular formula is C23H20N4O6S. The van der Waals surface area contributed by atoms with Gasteiger partial charge < -0.3 is 20.6 Å².